The molecule has 0 saturated heterocycles. The normalized spacial score (nSPS) is 9.70. The lowest BCUT2D eigenvalue weighted by atomic mass is 10.2. The van der Waals surface area contributed by atoms with Crippen LogP contribution in [0.4, 0.5) is 4.39 Å². The summed E-state index contributed by atoms with van der Waals surface area (Å²) < 4.78 is 18.9. The maximum Gasteiger partial charge on any atom is 0.135 e. The Hall–Kier alpha value is -2.38. The molecular formula is C16H15FN2O. The third kappa shape index (κ3) is 4.08. The third-order valence-electron chi connectivity index (χ3n) is 2.64. The van der Waals surface area contributed by atoms with Crippen LogP contribution in [0.25, 0.3) is 0 Å². The number of benzene rings is 1. The highest BCUT2D eigenvalue weighted by molar-refractivity contribution is 5.46. The molecule has 0 fully saturated rings. The number of nitrogens with two attached hydrogens (primary N) is 1. The van der Waals surface area contributed by atoms with Crippen LogP contribution in [0.5, 0.6) is 5.75 Å². The van der Waals surface area contributed by atoms with Crippen molar-refractivity contribution in [3.8, 4) is 17.6 Å². The number of hydrogen-bond donors (Lipinski definition) is 1. The number of halogens is 1. The summed E-state index contributed by atoms with van der Waals surface area (Å²) in [7, 11) is 0. The molecule has 0 atom stereocenters. The Morgan fingerprint density at radius 1 is 1.30 bits per heavy atom. The van der Waals surface area contributed by atoms with E-state index in [1.807, 2.05) is 12.1 Å². The zero-order chi connectivity index (χ0) is 14.2. The molecule has 0 aliphatic rings. The Morgan fingerprint density at radius 2 is 2.20 bits per heavy atom. The zero-order valence-electron chi connectivity index (χ0n) is 11.0. The Morgan fingerprint density at radius 3 is 2.95 bits per heavy atom. The number of rotatable bonds is 4. The van der Waals surface area contributed by atoms with Gasteiger partial charge in [0.15, 0.2) is 0 Å². The first-order valence-electron chi connectivity index (χ1n) is 6.30. The van der Waals surface area contributed by atoms with Crippen molar-refractivity contribution in [3.63, 3.8) is 0 Å². The molecule has 2 N–H and O–H groups in total. The first kappa shape index (κ1) is 14.0. The molecule has 3 nitrogen and oxygen atoms in total. The van der Waals surface area contributed by atoms with E-state index in [1.54, 1.807) is 18.5 Å². The number of ether oxygens (including phenoxy) is 1. The highest BCUT2D eigenvalue weighted by Gasteiger charge is 2.03. The van der Waals surface area contributed by atoms with Crippen molar-refractivity contribution in [3.05, 3.63) is 59.7 Å². The van der Waals surface area contributed by atoms with E-state index < -0.39 is 0 Å². The molecular weight excluding hydrogens is 255 g/mol. The summed E-state index contributed by atoms with van der Waals surface area (Å²) in [5.74, 6) is 5.74. The molecule has 0 aliphatic carbocycles. The van der Waals surface area contributed by atoms with Gasteiger partial charge in [0.25, 0.3) is 0 Å². The van der Waals surface area contributed by atoms with Crippen molar-refractivity contribution in [2.75, 3.05) is 13.2 Å². The lowest BCUT2D eigenvalue weighted by molar-refractivity contribution is 0.320. The van der Waals surface area contributed by atoms with Gasteiger partial charge in [-0.05, 0) is 29.8 Å². The van der Waals surface area contributed by atoms with Gasteiger partial charge in [-0.1, -0.05) is 17.9 Å². The van der Waals surface area contributed by atoms with Gasteiger partial charge in [0.05, 0.1) is 18.7 Å². The number of hydrogen-bond acceptors (Lipinski definition) is 3. The van der Waals surface area contributed by atoms with Crippen LogP contribution >= 0.6 is 0 Å². The summed E-state index contributed by atoms with van der Waals surface area (Å²) in [4.78, 5) is 4.04. The van der Waals surface area contributed by atoms with Gasteiger partial charge in [0.1, 0.15) is 11.6 Å². The highest BCUT2D eigenvalue weighted by Crippen LogP contribution is 2.19. The largest absolute Gasteiger partial charge is 0.492 e. The lowest BCUT2D eigenvalue weighted by Crippen LogP contribution is -2.03. The Bertz CT molecular complexity index is 617. The minimum absolute atomic E-state index is 0.228. The van der Waals surface area contributed by atoms with Crippen LogP contribution in [0.1, 0.15) is 11.1 Å². The van der Waals surface area contributed by atoms with Crippen LogP contribution in [-0.4, -0.2) is 18.1 Å². The first-order valence-corrected chi connectivity index (χ1v) is 6.30. The lowest BCUT2D eigenvalue weighted by Gasteiger charge is -2.08. The fraction of sp³-hybridized carbons (Fsp3) is 0.188. The number of aromatic nitrogens is 1. The summed E-state index contributed by atoms with van der Waals surface area (Å²) in [6.07, 6.45) is 4.25. The van der Waals surface area contributed by atoms with E-state index in [1.165, 1.54) is 12.1 Å². The minimum Gasteiger partial charge on any atom is -0.492 e. The molecule has 4 heteroatoms. The summed E-state index contributed by atoms with van der Waals surface area (Å²) in [5.41, 5.74) is 6.93. The summed E-state index contributed by atoms with van der Waals surface area (Å²) in [5, 5.41) is 0. The topological polar surface area (TPSA) is 48.1 Å². The van der Waals surface area contributed by atoms with Gasteiger partial charge in [0, 0.05) is 18.8 Å². The molecule has 0 saturated carbocycles. The fourth-order valence-corrected chi connectivity index (χ4v) is 1.70. The predicted octanol–water partition coefficient (Wildman–Crippen LogP) is 2.15. The SMILES string of the molecule is NCC#Cc1cc(F)ccc1OCCc1cccnc1. The van der Waals surface area contributed by atoms with Crippen molar-refractivity contribution < 1.29 is 9.13 Å². The molecule has 0 aliphatic heterocycles. The molecule has 1 aromatic heterocycles. The monoisotopic (exact) mass is 270 g/mol. The van der Waals surface area contributed by atoms with E-state index in [0.29, 0.717) is 17.9 Å². The molecule has 2 aromatic rings. The predicted molar refractivity (Wildman–Crippen MR) is 75.8 cm³/mol. The van der Waals surface area contributed by atoms with Crippen LogP contribution in [0, 0.1) is 17.7 Å². The van der Waals surface area contributed by atoms with Crippen LogP contribution in [-0.2, 0) is 6.42 Å². The quantitative estimate of drug-likeness (QED) is 0.866. The van der Waals surface area contributed by atoms with Gasteiger partial charge in [-0.25, -0.2) is 4.39 Å². The zero-order valence-corrected chi connectivity index (χ0v) is 11.0. The molecule has 0 spiro atoms. The van der Waals surface area contributed by atoms with Crippen LogP contribution in [0.3, 0.4) is 0 Å². The molecule has 0 radical (unpaired) electrons. The average molecular weight is 270 g/mol. The van der Waals surface area contributed by atoms with Gasteiger partial charge >= 0.3 is 0 Å². The molecule has 2 rings (SSSR count). The standard InChI is InChI=1S/C16H15FN2O/c17-15-5-6-16(14(11-15)4-1-8-18)20-10-7-13-3-2-9-19-12-13/h2-3,5-6,9,11-12H,7-8,10,18H2. The van der Waals surface area contributed by atoms with E-state index in [2.05, 4.69) is 16.8 Å². The van der Waals surface area contributed by atoms with Crippen LogP contribution in [0.15, 0.2) is 42.7 Å². The minimum atomic E-state index is -0.342. The number of nitrogens with zero attached hydrogens (tertiary/aromatic N) is 1. The molecule has 20 heavy (non-hydrogen) atoms. The van der Waals surface area contributed by atoms with Gasteiger partial charge in [0.2, 0.25) is 0 Å². The van der Waals surface area contributed by atoms with Crippen molar-refractivity contribution in [2.45, 2.75) is 6.42 Å². The summed E-state index contributed by atoms with van der Waals surface area (Å²) in [6, 6.07) is 8.15. The maximum atomic E-state index is 13.2. The van der Waals surface area contributed by atoms with E-state index >= 15 is 0 Å². The fourth-order valence-electron chi connectivity index (χ4n) is 1.70. The van der Waals surface area contributed by atoms with Crippen molar-refractivity contribution in [1.82, 2.24) is 4.98 Å². The Balaban J connectivity index is 2.02. The highest BCUT2D eigenvalue weighted by atomic mass is 19.1. The second kappa shape index (κ2) is 7.27. The molecule has 1 heterocycles. The summed E-state index contributed by atoms with van der Waals surface area (Å²) >= 11 is 0. The van der Waals surface area contributed by atoms with E-state index in [4.69, 9.17) is 10.5 Å². The van der Waals surface area contributed by atoms with Crippen molar-refractivity contribution in [1.29, 1.82) is 0 Å². The molecule has 0 amide bonds. The van der Waals surface area contributed by atoms with Gasteiger partial charge in [-0.3, -0.25) is 4.98 Å². The van der Waals surface area contributed by atoms with Gasteiger partial charge in [-0.2, -0.15) is 0 Å². The Labute approximate surface area is 117 Å². The smallest absolute Gasteiger partial charge is 0.135 e. The van der Waals surface area contributed by atoms with Crippen LogP contribution < -0.4 is 10.5 Å². The first-order chi connectivity index (χ1) is 9.79. The molecule has 102 valence electrons. The number of pyridine rings is 1. The van der Waals surface area contributed by atoms with Gasteiger partial charge in [-0.15, -0.1) is 0 Å². The van der Waals surface area contributed by atoms with Crippen LogP contribution in [0.2, 0.25) is 0 Å². The third-order valence-corrected chi connectivity index (χ3v) is 2.64. The Kier molecular flexibility index (Phi) is 5.10. The van der Waals surface area contributed by atoms with E-state index in [-0.39, 0.29) is 12.4 Å². The second-order valence-corrected chi connectivity index (χ2v) is 4.11. The maximum absolute atomic E-state index is 13.2. The average Bonchev–Trinajstić information content (AvgIpc) is 2.48. The van der Waals surface area contributed by atoms with Crippen molar-refractivity contribution in [2.24, 2.45) is 5.73 Å². The molecule has 0 bridgehead atoms. The molecule has 1 aromatic carbocycles. The second-order valence-electron chi connectivity index (χ2n) is 4.11. The van der Waals surface area contributed by atoms with Gasteiger partial charge < -0.3 is 10.5 Å². The van der Waals surface area contributed by atoms with E-state index in [9.17, 15) is 4.39 Å². The molecule has 0 unspecified atom stereocenters. The van der Waals surface area contributed by atoms with E-state index in [0.717, 1.165) is 12.0 Å². The summed E-state index contributed by atoms with van der Waals surface area (Å²) in [6.45, 7) is 0.709. The van der Waals surface area contributed by atoms with Crippen molar-refractivity contribution >= 4 is 0 Å².